The summed E-state index contributed by atoms with van der Waals surface area (Å²) in [4.78, 5) is 0. The van der Waals surface area contributed by atoms with Gasteiger partial charge in [-0.15, -0.1) is 0 Å². The predicted molar refractivity (Wildman–Crippen MR) is 73.5 cm³/mol. The third-order valence-corrected chi connectivity index (χ3v) is 2.53. The van der Waals surface area contributed by atoms with Crippen molar-refractivity contribution in [3.05, 3.63) is 42.0 Å². The fraction of sp³-hybridized carbons (Fsp3) is 0.167. The summed E-state index contributed by atoms with van der Waals surface area (Å²) in [5.41, 5.74) is 2.12. The Hall–Kier alpha value is -1.68. The van der Waals surface area contributed by atoms with Crippen LogP contribution in [0.1, 0.15) is 11.1 Å². The zero-order chi connectivity index (χ0) is 12.0. The van der Waals surface area contributed by atoms with Crippen molar-refractivity contribution in [2.75, 3.05) is 14.1 Å². The van der Waals surface area contributed by atoms with E-state index in [1.165, 1.54) is 0 Å². The summed E-state index contributed by atoms with van der Waals surface area (Å²) in [6, 6.07) is 7.95. The molecule has 1 aromatic carbocycles. The first kappa shape index (κ1) is 12.4. The molecule has 1 aromatic rings. The predicted octanol–water partition coefficient (Wildman–Crippen LogP) is 2.10. The molecule has 0 aliphatic rings. The summed E-state index contributed by atoms with van der Waals surface area (Å²) in [5.74, 6) is 0. The lowest BCUT2D eigenvalue weighted by Crippen LogP contribution is -2.30. The minimum Gasteiger partial charge on any atom is -0.364 e. The maximum absolute atomic E-state index is 5.02. The van der Waals surface area contributed by atoms with Crippen LogP contribution in [0.25, 0.3) is 6.08 Å². The van der Waals surface area contributed by atoms with E-state index in [-0.39, 0.29) is 0 Å². The highest BCUT2D eigenvalue weighted by atomic mass is 32.1. The van der Waals surface area contributed by atoms with Gasteiger partial charge in [0, 0.05) is 14.1 Å². The van der Waals surface area contributed by atoms with Crippen LogP contribution in [0.2, 0.25) is 0 Å². The quantitative estimate of drug-likeness (QED) is 0.492. The second-order valence-corrected chi connectivity index (χ2v) is 3.58. The van der Waals surface area contributed by atoms with Gasteiger partial charge in [0.1, 0.15) is 0 Å². The molecule has 1 N–H and O–H groups in total. The highest BCUT2D eigenvalue weighted by molar-refractivity contribution is 7.80. The molecule has 1 rings (SSSR count). The third-order valence-electron chi connectivity index (χ3n) is 2.06. The molecule has 0 heterocycles. The lowest BCUT2D eigenvalue weighted by atomic mass is 10.1. The second kappa shape index (κ2) is 6.02. The lowest BCUT2D eigenvalue weighted by Gasteiger charge is -2.12. The normalized spacial score (nSPS) is 10.1. The van der Waals surface area contributed by atoms with Gasteiger partial charge in [-0.3, -0.25) is 0 Å². The summed E-state index contributed by atoms with van der Waals surface area (Å²) in [6.07, 6.45) is 3.57. The number of hydrazone groups is 1. The summed E-state index contributed by atoms with van der Waals surface area (Å²) in [6.45, 7) is 3.70. The molecule has 0 aliphatic carbocycles. The topological polar surface area (TPSA) is 27.6 Å². The Morgan fingerprint density at radius 3 is 2.44 bits per heavy atom. The van der Waals surface area contributed by atoms with Gasteiger partial charge in [0.05, 0.1) is 6.21 Å². The van der Waals surface area contributed by atoms with E-state index in [1.54, 1.807) is 25.3 Å². The zero-order valence-corrected chi connectivity index (χ0v) is 10.3. The van der Waals surface area contributed by atoms with Gasteiger partial charge in [-0.25, -0.2) is 5.01 Å². The molecule has 0 saturated carbocycles. The van der Waals surface area contributed by atoms with Crippen LogP contribution in [0.3, 0.4) is 0 Å². The minimum atomic E-state index is 0.582. The molecule has 16 heavy (non-hydrogen) atoms. The third kappa shape index (κ3) is 3.47. The molecule has 3 nitrogen and oxygen atoms in total. The van der Waals surface area contributed by atoms with E-state index in [0.29, 0.717) is 5.11 Å². The zero-order valence-electron chi connectivity index (χ0n) is 9.47. The first-order valence-corrected chi connectivity index (χ1v) is 5.30. The van der Waals surface area contributed by atoms with Crippen LogP contribution >= 0.6 is 12.2 Å². The lowest BCUT2D eigenvalue weighted by molar-refractivity contribution is 0.540. The van der Waals surface area contributed by atoms with Crippen molar-refractivity contribution in [1.29, 1.82) is 0 Å². The van der Waals surface area contributed by atoms with E-state index in [4.69, 9.17) is 12.2 Å². The van der Waals surface area contributed by atoms with Crippen molar-refractivity contribution in [3.8, 4) is 0 Å². The maximum atomic E-state index is 5.02. The Balaban J connectivity index is 2.68. The van der Waals surface area contributed by atoms with Crippen LogP contribution in [0.5, 0.6) is 0 Å². The molecule has 0 aromatic heterocycles. The van der Waals surface area contributed by atoms with Gasteiger partial charge in [-0.1, -0.05) is 36.9 Å². The van der Waals surface area contributed by atoms with Crippen LogP contribution in [0, 0.1) is 0 Å². The number of rotatable bonds is 3. The van der Waals surface area contributed by atoms with Crippen LogP contribution < -0.4 is 5.32 Å². The van der Waals surface area contributed by atoms with Gasteiger partial charge in [-0.2, -0.15) is 5.10 Å². The Morgan fingerprint density at radius 2 is 1.94 bits per heavy atom. The van der Waals surface area contributed by atoms with E-state index in [1.807, 2.05) is 30.3 Å². The molecule has 4 heteroatoms. The minimum absolute atomic E-state index is 0.582. The number of benzene rings is 1. The smallest absolute Gasteiger partial charge is 0.189 e. The Bertz CT molecular complexity index is 395. The van der Waals surface area contributed by atoms with E-state index < -0.39 is 0 Å². The SMILES string of the molecule is C=Cc1ccc(C=NN(C)C(=S)NC)cc1. The van der Waals surface area contributed by atoms with E-state index >= 15 is 0 Å². The van der Waals surface area contributed by atoms with Crippen molar-refractivity contribution in [1.82, 2.24) is 10.3 Å². The van der Waals surface area contributed by atoms with E-state index in [9.17, 15) is 0 Å². The first-order chi connectivity index (χ1) is 7.67. The number of thiocarbonyl (C=S) groups is 1. The molecule has 0 bridgehead atoms. The van der Waals surface area contributed by atoms with Crippen LogP contribution in [0.4, 0.5) is 0 Å². The van der Waals surface area contributed by atoms with Gasteiger partial charge in [0.2, 0.25) is 0 Å². The average Bonchev–Trinajstić information content (AvgIpc) is 2.35. The summed E-state index contributed by atoms with van der Waals surface area (Å²) >= 11 is 5.02. The fourth-order valence-corrected chi connectivity index (χ4v) is 1.13. The molecule has 0 amide bonds. The molecular weight excluding hydrogens is 218 g/mol. The molecular formula is C12H15N3S. The first-order valence-electron chi connectivity index (χ1n) is 4.89. The van der Waals surface area contributed by atoms with Crippen LogP contribution in [-0.2, 0) is 0 Å². The van der Waals surface area contributed by atoms with Crippen LogP contribution in [0.15, 0.2) is 35.9 Å². The Labute approximate surface area is 101 Å². The number of hydrogen-bond donors (Lipinski definition) is 1. The highest BCUT2D eigenvalue weighted by Crippen LogP contribution is 2.03. The molecule has 0 aliphatic heterocycles. The molecule has 0 radical (unpaired) electrons. The van der Waals surface area contributed by atoms with Crippen molar-refractivity contribution in [2.45, 2.75) is 0 Å². The van der Waals surface area contributed by atoms with Gasteiger partial charge in [0.25, 0.3) is 0 Å². The fourth-order valence-electron chi connectivity index (χ4n) is 1.09. The average molecular weight is 233 g/mol. The number of nitrogens with zero attached hydrogens (tertiary/aromatic N) is 2. The largest absolute Gasteiger partial charge is 0.364 e. The summed E-state index contributed by atoms with van der Waals surface area (Å²) < 4.78 is 0. The Morgan fingerprint density at radius 1 is 1.38 bits per heavy atom. The van der Waals surface area contributed by atoms with Gasteiger partial charge >= 0.3 is 0 Å². The summed E-state index contributed by atoms with van der Waals surface area (Å²) in [5, 5.41) is 9.24. The standard InChI is InChI=1S/C12H15N3S/c1-4-10-5-7-11(8-6-10)9-14-15(3)12(16)13-2/h4-9H,1H2,2-3H3,(H,13,16). The molecule has 0 fully saturated rings. The van der Waals surface area contributed by atoms with Crippen LogP contribution in [-0.4, -0.2) is 30.4 Å². The van der Waals surface area contributed by atoms with E-state index in [2.05, 4.69) is 17.0 Å². The number of nitrogens with one attached hydrogen (secondary N) is 1. The maximum Gasteiger partial charge on any atom is 0.189 e. The summed E-state index contributed by atoms with van der Waals surface area (Å²) in [7, 11) is 3.57. The molecule has 0 saturated heterocycles. The van der Waals surface area contributed by atoms with Gasteiger partial charge < -0.3 is 5.32 Å². The van der Waals surface area contributed by atoms with Gasteiger partial charge in [0.15, 0.2) is 5.11 Å². The number of hydrogen-bond acceptors (Lipinski definition) is 2. The molecule has 0 atom stereocenters. The monoisotopic (exact) mass is 233 g/mol. The highest BCUT2D eigenvalue weighted by Gasteiger charge is 1.96. The molecule has 84 valence electrons. The van der Waals surface area contributed by atoms with Crippen molar-refractivity contribution < 1.29 is 0 Å². The Kier molecular flexibility index (Phi) is 4.66. The molecule has 0 spiro atoms. The van der Waals surface area contributed by atoms with Crippen molar-refractivity contribution >= 4 is 29.6 Å². The second-order valence-electron chi connectivity index (χ2n) is 3.19. The molecule has 0 unspecified atom stereocenters. The van der Waals surface area contributed by atoms with Gasteiger partial charge in [-0.05, 0) is 23.3 Å². The van der Waals surface area contributed by atoms with E-state index in [0.717, 1.165) is 11.1 Å². The van der Waals surface area contributed by atoms with Crippen molar-refractivity contribution in [2.24, 2.45) is 5.10 Å². The van der Waals surface area contributed by atoms with Crippen molar-refractivity contribution in [3.63, 3.8) is 0 Å².